The number of thiazole rings is 1. The lowest BCUT2D eigenvalue weighted by Crippen LogP contribution is -2.45. The van der Waals surface area contributed by atoms with E-state index in [0.29, 0.717) is 0 Å². The second-order valence-corrected chi connectivity index (χ2v) is 8.96. The van der Waals surface area contributed by atoms with E-state index in [1.807, 2.05) is 29.3 Å². The van der Waals surface area contributed by atoms with E-state index in [1.165, 1.54) is 11.3 Å². The minimum Gasteiger partial charge on any atom is -0.347 e. The van der Waals surface area contributed by atoms with Crippen LogP contribution in [0.2, 0.25) is 0 Å². The molecule has 2 aliphatic rings. The summed E-state index contributed by atoms with van der Waals surface area (Å²) in [6, 6.07) is 3.69. The average Bonchev–Trinajstić information content (AvgIpc) is 3.46. The number of carbonyl (C=O) groups excluding carboxylic acids is 2. The van der Waals surface area contributed by atoms with E-state index in [4.69, 9.17) is 0 Å². The van der Waals surface area contributed by atoms with Gasteiger partial charge in [0, 0.05) is 48.3 Å². The van der Waals surface area contributed by atoms with E-state index >= 15 is 0 Å². The van der Waals surface area contributed by atoms with Crippen LogP contribution in [0.25, 0.3) is 11.3 Å². The number of carbonyl (C=O) groups is 2. The standard InChI is InChI=1S/C22H28N4O2S/c1-15(21-25-19(14-29-21)16-7-6-10-23-13-16)24-20(27)17-8-2-3-9-18(17)22(28)26-11-4-5-12-26/h6-7,10,13-15,17-18H,2-5,8-9,11-12H2,1H3,(H,24,27). The molecule has 2 aromatic rings. The first-order chi connectivity index (χ1) is 14.1. The van der Waals surface area contributed by atoms with Crippen molar-refractivity contribution in [3.8, 4) is 11.3 Å². The van der Waals surface area contributed by atoms with E-state index in [0.717, 1.165) is 67.9 Å². The first kappa shape index (κ1) is 20.0. The highest BCUT2D eigenvalue weighted by Gasteiger charge is 2.38. The summed E-state index contributed by atoms with van der Waals surface area (Å²) in [5, 5.41) is 5.99. The molecule has 1 saturated carbocycles. The van der Waals surface area contributed by atoms with Crippen molar-refractivity contribution in [2.45, 2.75) is 51.5 Å². The van der Waals surface area contributed by atoms with Gasteiger partial charge in [-0.05, 0) is 44.7 Å². The van der Waals surface area contributed by atoms with Crippen molar-refractivity contribution in [2.24, 2.45) is 11.8 Å². The van der Waals surface area contributed by atoms with Crippen LogP contribution in [0.5, 0.6) is 0 Å². The molecule has 2 amide bonds. The van der Waals surface area contributed by atoms with Gasteiger partial charge in [0.2, 0.25) is 11.8 Å². The summed E-state index contributed by atoms with van der Waals surface area (Å²) in [5.74, 6) is -0.218. The van der Waals surface area contributed by atoms with Gasteiger partial charge in [0.15, 0.2) is 0 Å². The zero-order chi connectivity index (χ0) is 20.2. The Kier molecular flexibility index (Phi) is 6.23. The predicted molar refractivity (Wildman–Crippen MR) is 113 cm³/mol. The van der Waals surface area contributed by atoms with E-state index in [1.54, 1.807) is 12.4 Å². The molecule has 0 bridgehead atoms. The van der Waals surface area contributed by atoms with Crippen molar-refractivity contribution in [1.29, 1.82) is 0 Å². The van der Waals surface area contributed by atoms with Crippen molar-refractivity contribution in [3.05, 3.63) is 34.9 Å². The maximum Gasteiger partial charge on any atom is 0.226 e. The third-order valence-corrected chi connectivity index (χ3v) is 7.07. The van der Waals surface area contributed by atoms with E-state index in [2.05, 4.69) is 15.3 Å². The number of nitrogens with zero attached hydrogens (tertiary/aromatic N) is 3. The van der Waals surface area contributed by atoms with Crippen molar-refractivity contribution in [2.75, 3.05) is 13.1 Å². The molecule has 6 nitrogen and oxygen atoms in total. The van der Waals surface area contributed by atoms with Crippen LogP contribution in [-0.4, -0.2) is 39.8 Å². The number of hydrogen-bond donors (Lipinski definition) is 1. The molecule has 1 aliphatic carbocycles. The molecule has 2 fully saturated rings. The summed E-state index contributed by atoms with van der Waals surface area (Å²) >= 11 is 1.54. The van der Waals surface area contributed by atoms with Gasteiger partial charge in [-0.1, -0.05) is 12.8 Å². The lowest BCUT2D eigenvalue weighted by molar-refractivity contribution is -0.143. The Bertz CT molecular complexity index is 848. The molecular formula is C22H28N4O2S. The van der Waals surface area contributed by atoms with Crippen molar-refractivity contribution >= 4 is 23.2 Å². The van der Waals surface area contributed by atoms with Crippen LogP contribution in [0.3, 0.4) is 0 Å². The van der Waals surface area contributed by atoms with Crippen LogP contribution in [0, 0.1) is 11.8 Å². The van der Waals surface area contributed by atoms with Crippen molar-refractivity contribution in [1.82, 2.24) is 20.2 Å². The Morgan fingerprint density at radius 1 is 1.17 bits per heavy atom. The highest BCUT2D eigenvalue weighted by Crippen LogP contribution is 2.33. The molecule has 1 N–H and O–H groups in total. The zero-order valence-electron chi connectivity index (χ0n) is 16.8. The van der Waals surface area contributed by atoms with E-state index in [-0.39, 0.29) is 29.7 Å². The van der Waals surface area contributed by atoms with Gasteiger partial charge in [0.25, 0.3) is 0 Å². The molecule has 3 unspecified atom stereocenters. The number of likely N-dealkylation sites (tertiary alicyclic amines) is 1. The molecular weight excluding hydrogens is 384 g/mol. The summed E-state index contributed by atoms with van der Waals surface area (Å²) in [7, 11) is 0. The van der Waals surface area contributed by atoms with Crippen LogP contribution in [0.1, 0.15) is 56.5 Å². The Labute approximate surface area is 175 Å². The second-order valence-electron chi connectivity index (χ2n) is 8.07. The number of nitrogens with one attached hydrogen (secondary N) is 1. The number of amides is 2. The Balaban J connectivity index is 1.42. The minimum absolute atomic E-state index is 0.00660. The molecule has 3 atom stereocenters. The van der Waals surface area contributed by atoms with E-state index < -0.39 is 0 Å². The van der Waals surface area contributed by atoms with Crippen LogP contribution in [0.4, 0.5) is 0 Å². The predicted octanol–water partition coefficient (Wildman–Crippen LogP) is 3.81. The highest BCUT2D eigenvalue weighted by molar-refractivity contribution is 7.10. The van der Waals surface area contributed by atoms with Gasteiger partial charge in [-0.2, -0.15) is 0 Å². The lowest BCUT2D eigenvalue weighted by atomic mass is 9.77. The molecule has 0 aromatic carbocycles. The fourth-order valence-electron chi connectivity index (χ4n) is 4.43. The Hall–Kier alpha value is -2.28. The van der Waals surface area contributed by atoms with E-state index in [9.17, 15) is 9.59 Å². The first-order valence-electron chi connectivity index (χ1n) is 10.6. The topological polar surface area (TPSA) is 75.2 Å². The van der Waals surface area contributed by atoms with Gasteiger partial charge >= 0.3 is 0 Å². The Morgan fingerprint density at radius 2 is 1.93 bits per heavy atom. The first-order valence-corrected chi connectivity index (χ1v) is 11.5. The smallest absolute Gasteiger partial charge is 0.226 e. The minimum atomic E-state index is -0.225. The Morgan fingerprint density at radius 3 is 2.66 bits per heavy atom. The molecule has 2 aromatic heterocycles. The number of rotatable bonds is 5. The maximum absolute atomic E-state index is 13.1. The molecule has 3 heterocycles. The summed E-state index contributed by atoms with van der Waals surface area (Å²) < 4.78 is 0. The lowest BCUT2D eigenvalue weighted by Gasteiger charge is -2.33. The average molecular weight is 413 g/mol. The fraction of sp³-hybridized carbons (Fsp3) is 0.545. The van der Waals surface area contributed by atoms with Gasteiger partial charge in [-0.3, -0.25) is 14.6 Å². The van der Waals surface area contributed by atoms with Crippen LogP contribution < -0.4 is 5.32 Å². The summed E-state index contributed by atoms with van der Waals surface area (Å²) in [5.41, 5.74) is 1.84. The number of hydrogen-bond acceptors (Lipinski definition) is 5. The third-order valence-electron chi connectivity index (χ3n) is 6.05. The van der Waals surface area contributed by atoms with Gasteiger partial charge in [0.05, 0.1) is 11.7 Å². The molecule has 1 aliphatic heterocycles. The molecule has 154 valence electrons. The van der Waals surface area contributed by atoms with Gasteiger partial charge in [-0.25, -0.2) is 4.98 Å². The molecule has 1 saturated heterocycles. The highest BCUT2D eigenvalue weighted by atomic mass is 32.1. The molecule has 4 rings (SSSR count). The normalized spacial score (nSPS) is 23.0. The van der Waals surface area contributed by atoms with Gasteiger partial charge < -0.3 is 10.2 Å². The monoisotopic (exact) mass is 412 g/mol. The summed E-state index contributed by atoms with van der Waals surface area (Å²) in [6.45, 7) is 3.65. The molecule has 7 heteroatoms. The van der Waals surface area contributed by atoms with Gasteiger partial charge in [0.1, 0.15) is 5.01 Å². The molecule has 0 spiro atoms. The van der Waals surface area contributed by atoms with Crippen LogP contribution in [-0.2, 0) is 9.59 Å². The quantitative estimate of drug-likeness (QED) is 0.810. The van der Waals surface area contributed by atoms with Gasteiger partial charge in [-0.15, -0.1) is 11.3 Å². The number of pyridine rings is 1. The molecule has 0 radical (unpaired) electrons. The largest absolute Gasteiger partial charge is 0.347 e. The summed E-state index contributed by atoms with van der Waals surface area (Å²) in [6.07, 6.45) is 9.35. The SMILES string of the molecule is CC(NC(=O)C1CCCCC1C(=O)N1CCCC1)c1nc(-c2cccnc2)cs1. The zero-order valence-corrected chi connectivity index (χ0v) is 17.7. The maximum atomic E-state index is 13.1. The molecule has 29 heavy (non-hydrogen) atoms. The third kappa shape index (κ3) is 4.50. The fourth-order valence-corrected chi connectivity index (χ4v) is 5.26. The number of aromatic nitrogens is 2. The van der Waals surface area contributed by atoms with Crippen LogP contribution >= 0.6 is 11.3 Å². The second kappa shape index (κ2) is 9.03. The van der Waals surface area contributed by atoms with Crippen molar-refractivity contribution in [3.63, 3.8) is 0 Å². The summed E-state index contributed by atoms with van der Waals surface area (Å²) in [4.78, 5) is 36.8. The van der Waals surface area contributed by atoms with Crippen molar-refractivity contribution < 1.29 is 9.59 Å². The van der Waals surface area contributed by atoms with Crippen LogP contribution in [0.15, 0.2) is 29.9 Å².